The number of esters is 1. The number of nitrogens with one attached hydrogen (secondary N) is 2. The summed E-state index contributed by atoms with van der Waals surface area (Å²) in [6.45, 7) is 6.45. The zero-order chi connectivity index (χ0) is 30.1. The lowest BCUT2D eigenvalue weighted by Crippen LogP contribution is -2.54. The van der Waals surface area contributed by atoms with Crippen molar-refractivity contribution >= 4 is 23.7 Å². The Morgan fingerprint density at radius 1 is 1.02 bits per heavy atom. The van der Waals surface area contributed by atoms with E-state index in [1.165, 1.54) is 18.6 Å². The highest BCUT2D eigenvalue weighted by Gasteiger charge is 2.31. The molecule has 0 radical (unpaired) electrons. The summed E-state index contributed by atoms with van der Waals surface area (Å²) in [5, 5.41) is 5.84. The highest BCUT2D eigenvalue weighted by Crippen LogP contribution is 2.30. The predicted octanol–water partition coefficient (Wildman–Crippen LogP) is 5.67. The van der Waals surface area contributed by atoms with Gasteiger partial charge in [-0.05, 0) is 68.9 Å². The molecule has 42 heavy (non-hydrogen) atoms. The zero-order valence-corrected chi connectivity index (χ0v) is 25.0. The molecule has 228 valence electrons. The molecule has 0 aromatic heterocycles. The molecule has 1 heterocycles. The van der Waals surface area contributed by atoms with Crippen LogP contribution in [0.25, 0.3) is 0 Å². The van der Waals surface area contributed by atoms with Crippen molar-refractivity contribution in [1.29, 1.82) is 0 Å². The van der Waals surface area contributed by atoms with Crippen molar-refractivity contribution in [1.82, 2.24) is 10.6 Å². The van der Waals surface area contributed by atoms with Crippen molar-refractivity contribution in [3.05, 3.63) is 65.5 Å². The second kappa shape index (κ2) is 14.5. The number of rotatable bonds is 11. The van der Waals surface area contributed by atoms with E-state index in [1.54, 1.807) is 26.8 Å². The van der Waals surface area contributed by atoms with Crippen LogP contribution in [0.2, 0.25) is 0 Å². The van der Waals surface area contributed by atoms with Crippen LogP contribution in [0.15, 0.2) is 48.5 Å². The molecule has 2 N–H and O–H groups in total. The first-order chi connectivity index (χ1) is 20.1. The van der Waals surface area contributed by atoms with Crippen LogP contribution in [0.3, 0.4) is 0 Å². The Bertz CT molecular complexity index is 1210. The number of benzene rings is 2. The minimum absolute atomic E-state index is 0.0474. The molecule has 2 aliphatic rings. The summed E-state index contributed by atoms with van der Waals surface area (Å²) in [5.41, 5.74) is 1.95. The molecule has 0 saturated heterocycles. The third kappa shape index (κ3) is 9.74. The number of nitrogens with zero attached hydrogens (tertiary/aromatic N) is 1. The van der Waals surface area contributed by atoms with E-state index >= 15 is 0 Å². The minimum Gasteiger partial charge on any atom is -0.461 e. The number of carbonyl (C=O) groups excluding carboxylic acids is 3. The van der Waals surface area contributed by atoms with E-state index in [1.807, 2.05) is 30.3 Å². The van der Waals surface area contributed by atoms with Gasteiger partial charge in [-0.2, -0.15) is 0 Å². The summed E-state index contributed by atoms with van der Waals surface area (Å²) < 4.78 is 24.8. The maximum absolute atomic E-state index is 13.8. The van der Waals surface area contributed by atoms with Gasteiger partial charge in [0.05, 0.1) is 12.5 Å². The topological polar surface area (TPSA) is 97.0 Å². The van der Waals surface area contributed by atoms with Crippen molar-refractivity contribution in [2.24, 2.45) is 5.92 Å². The Kier molecular flexibility index (Phi) is 10.8. The molecule has 1 aliphatic heterocycles. The van der Waals surface area contributed by atoms with Crippen LogP contribution in [0.5, 0.6) is 0 Å². The fraction of sp³-hybridized carbons (Fsp3) is 0.545. The normalized spacial score (nSPS) is 16.7. The summed E-state index contributed by atoms with van der Waals surface area (Å²) >= 11 is 0. The minimum atomic E-state index is -0.800. The van der Waals surface area contributed by atoms with Gasteiger partial charge in [-0.3, -0.25) is 9.59 Å². The van der Waals surface area contributed by atoms with Gasteiger partial charge in [0, 0.05) is 18.8 Å². The van der Waals surface area contributed by atoms with Crippen LogP contribution in [0.1, 0.15) is 76.8 Å². The second-order valence-electron chi connectivity index (χ2n) is 12.5. The number of hydrogen-bond acceptors (Lipinski definition) is 6. The SMILES string of the molecule is CC(C)(C)OC(=O)NC(CC1CCCCC1)C(=O)N[C@@H](CC(=O)OCc1ccccc1)CN1CCc2cc(F)ccc21. The Balaban J connectivity index is 1.47. The molecular weight excluding hydrogens is 537 g/mol. The van der Waals surface area contributed by atoms with Gasteiger partial charge < -0.3 is 25.0 Å². The third-order valence-corrected chi connectivity index (χ3v) is 7.78. The quantitative estimate of drug-likeness (QED) is 0.332. The summed E-state index contributed by atoms with van der Waals surface area (Å²) in [4.78, 5) is 41.5. The van der Waals surface area contributed by atoms with Gasteiger partial charge in [0.15, 0.2) is 0 Å². The van der Waals surface area contributed by atoms with Crippen LogP contribution in [-0.2, 0) is 32.1 Å². The first-order valence-corrected chi connectivity index (χ1v) is 15.1. The maximum atomic E-state index is 13.8. The first kappa shape index (κ1) is 31.3. The molecule has 1 unspecified atom stereocenters. The molecule has 2 amide bonds. The van der Waals surface area contributed by atoms with Gasteiger partial charge in [0.2, 0.25) is 5.91 Å². The van der Waals surface area contributed by atoms with Crippen LogP contribution in [0.4, 0.5) is 14.9 Å². The Morgan fingerprint density at radius 2 is 1.76 bits per heavy atom. The molecule has 1 fully saturated rings. The lowest BCUT2D eigenvalue weighted by molar-refractivity contribution is -0.145. The third-order valence-electron chi connectivity index (χ3n) is 7.78. The van der Waals surface area contributed by atoms with Crippen molar-refractivity contribution in [3.8, 4) is 0 Å². The molecule has 8 nitrogen and oxygen atoms in total. The monoisotopic (exact) mass is 581 g/mol. The lowest BCUT2D eigenvalue weighted by Gasteiger charge is -2.30. The van der Waals surface area contributed by atoms with E-state index in [2.05, 4.69) is 15.5 Å². The Morgan fingerprint density at radius 3 is 2.48 bits per heavy atom. The van der Waals surface area contributed by atoms with Crippen LogP contribution in [-0.4, -0.2) is 48.7 Å². The van der Waals surface area contributed by atoms with Crippen LogP contribution < -0.4 is 15.5 Å². The van der Waals surface area contributed by atoms with Crippen molar-refractivity contribution in [3.63, 3.8) is 0 Å². The Hall–Kier alpha value is -3.62. The van der Waals surface area contributed by atoms with Crippen LogP contribution >= 0.6 is 0 Å². The molecule has 1 aliphatic carbocycles. The molecule has 2 atom stereocenters. The predicted molar refractivity (Wildman–Crippen MR) is 159 cm³/mol. The van der Waals surface area contributed by atoms with E-state index in [4.69, 9.17) is 9.47 Å². The van der Waals surface area contributed by atoms with Gasteiger partial charge in [-0.25, -0.2) is 9.18 Å². The average Bonchev–Trinajstić information content (AvgIpc) is 3.33. The first-order valence-electron chi connectivity index (χ1n) is 15.1. The fourth-order valence-corrected chi connectivity index (χ4v) is 5.79. The van der Waals surface area contributed by atoms with E-state index in [0.29, 0.717) is 31.8 Å². The molecular formula is C33H44FN3O5. The molecule has 4 rings (SSSR count). The largest absolute Gasteiger partial charge is 0.461 e. The second-order valence-corrected chi connectivity index (χ2v) is 12.5. The summed E-state index contributed by atoms with van der Waals surface area (Å²) in [6.07, 6.45) is 5.90. The summed E-state index contributed by atoms with van der Waals surface area (Å²) in [6, 6.07) is 12.7. The van der Waals surface area contributed by atoms with Crippen LogP contribution in [0, 0.1) is 11.7 Å². The average molecular weight is 582 g/mol. The number of fused-ring (bicyclic) bond motifs is 1. The highest BCUT2D eigenvalue weighted by atomic mass is 19.1. The maximum Gasteiger partial charge on any atom is 0.408 e. The van der Waals surface area contributed by atoms with E-state index in [9.17, 15) is 18.8 Å². The number of alkyl carbamates (subject to hydrolysis) is 1. The van der Waals surface area contributed by atoms with Crippen molar-refractivity contribution in [2.75, 3.05) is 18.0 Å². The van der Waals surface area contributed by atoms with Gasteiger partial charge in [0.25, 0.3) is 0 Å². The number of ether oxygens (including phenoxy) is 2. The Labute approximate surface area is 248 Å². The number of hydrogen-bond donors (Lipinski definition) is 2. The van der Waals surface area contributed by atoms with E-state index in [0.717, 1.165) is 42.5 Å². The standard InChI is InChI=1S/C33H44FN3O5/c1-33(2,3)42-32(40)36-28(18-23-10-6-4-7-11-23)31(39)35-27(20-30(38)41-22-24-12-8-5-9-13-24)21-37-17-16-25-19-26(34)14-15-29(25)37/h5,8-9,12-15,19,23,27-28H,4,6-7,10-11,16-18,20-22H2,1-3H3,(H,35,39)(H,36,40)/t27-,28?/m0/s1. The molecule has 0 spiro atoms. The fourth-order valence-electron chi connectivity index (χ4n) is 5.79. The lowest BCUT2D eigenvalue weighted by atomic mass is 9.84. The van der Waals surface area contributed by atoms with E-state index < -0.39 is 29.7 Å². The van der Waals surface area contributed by atoms with E-state index in [-0.39, 0.29) is 24.8 Å². The summed E-state index contributed by atoms with van der Waals surface area (Å²) in [5.74, 6) is -0.764. The van der Waals surface area contributed by atoms with Gasteiger partial charge >= 0.3 is 12.1 Å². The number of halogens is 1. The van der Waals surface area contributed by atoms with Gasteiger partial charge in [-0.15, -0.1) is 0 Å². The van der Waals surface area contributed by atoms with Crippen molar-refractivity contribution in [2.45, 2.75) is 96.4 Å². The molecule has 1 saturated carbocycles. The molecule has 2 aromatic carbocycles. The van der Waals surface area contributed by atoms with Gasteiger partial charge in [-0.1, -0.05) is 62.4 Å². The number of carbonyl (C=O) groups is 3. The highest BCUT2D eigenvalue weighted by molar-refractivity contribution is 5.86. The molecule has 9 heteroatoms. The zero-order valence-electron chi connectivity index (χ0n) is 25.0. The number of amides is 2. The number of anilines is 1. The smallest absolute Gasteiger partial charge is 0.408 e. The molecule has 2 aromatic rings. The van der Waals surface area contributed by atoms with Crippen molar-refractivity contribution < 1.29 is 28.2 Å². The van der Waals surface area contributed by atoms with Gasteiger partial charge in [0.1, 0.15) is 24.1 Å². The molecule has 0 bridgehead atoms. The summed E-state index contributed by atoms with van der Waals surface area (Å²) in [7, 11) is 0.